The first-order chi connectivity index (χ1) is 10.9. The number of hydrogen-bond donors (Lipinski definition) is 1. The van der Waals surface area contributed by atoms with Gasteiger partial charge in [-0.05, 0) is 48.3 Å². The van der Waals surface area contributed by atoms with Crippen molar-refractivity contribution in [2.75, 3.05) is 0 Å². The Balaban J connectivity index is 1.68. The summed E-state index contributed by atoms with van der Waals surface area (Å²) < 4.78 is 5.14. The lowest BCUT2D eigenvalue weighted by Crippen LogP contribution is -2.27. The number of furan rings is 1. The number of amides is 1. The molecule has 0 unspecified atom stereocenters. The fraction of sp³-hybridized carbons (Fsp3) is 0.444. The molecule has 0 radical (unpaired) electrons. The molecule has 0 saturated carbocycles. The first-order valence-electron chi connectivity index (χ1n) is 7.91. The Morgan fingerprint density at radius 3 is 3.00 bits per heavy atom. The molecule has 4 nitrogen and oxygen atoms in total. The molecular formula is C18H22N2O2S. The molecule has 0 aliphatic heterocycles. The van der Waals surface area contributed by atoms with Crippen molar-refractivity contribution in [2.45, 2.75) is 40.0 Å². The highest BCUT2D eigenvalue weighted by atomic mass is 32.1. The molecule has 0 aromatic carbocycles. The Morgan fingerprint density at radius 2 is 2.30 bits per heavy atom. The number of rotatable bonds is 3. The highest BCUT2D eigenvalue weighted by Gasteiger charge is 2.31. The van der Waals surface area contributed by atoms with E-state index in [1.54, 1.807) is 29.7 Å². The molecule has 23 heavy (non-hydrogen) atoms. The van der Waals surface area contributed by atoms with E-state index in [1.165, 1.54) is 16.7 Å². The zero-order valence-corrected chi connectivity index (χ0v) is 14.6. The summed E-state index contributed by atoms with van der Waals surface area (Å²) in [6, 6.07) is 3.57. The normalized spacial score (nSPS) is 18.1. The van der Waals surface area contributed by atoms with Gasteiger partial charge in [-0.1, -0.05) is 20.8 Å². The number of nitrogens with zero attached hydrogens (tertiary/aromatic N) is 1. The third kappa shape index (κ3) is 3.55. The van der Waals surface area contributed by atoms with Crippen LogP contribution in [0.1, 0.15) is 53.8 Å². The molecule has 2 aromatic heterocycles. The van der Waals surface area contributed by atoms with Crippen LogP contribution in [0.2, 0.25) is 0 Å². The second-order valence-electron chi connectivity index (χ2n) is 7.07. The first-order valence-corrected chi connectivity index (χ1v) is 8.79. The lowest BCUT2D eigenvalue weighted by molar-refractivity contribution is 0.0954. The molecule has 1 atom stereocenters. The molecule has 0 fully saturated rings. The molecular weight excluding hydrogens is 308 g/mol. The maximum Gasteiger partial charge on any atom is 0.272 e. The minimum Gasteiger partial charge on any atom is -0.463 e. The van der Waals surface area contributed by atoms with Crippen molar-refractivity contribution in [1.82, 2.24) is 5.43 Å². The molecule has 1 aliphatic carbocycles. The van der Waals surface area contributed by atoms with Crippen LogP contribution < -0.4 is 5.43 Å². The maximum atomic E-state index is 12.3. The molecule has 0 saturated heterocycles. The minimum atomic E-state index is -0.139. The molecule has 1 amide bonds. The average molecular weight is 330 g/mol. The van der Waals surface area contributed by atoms with Crippen molar-refractivity contribution < 1.29 is 9.21 Å². The number of fused-ring (bicyclic) bond motifs is 1. The molecule has 2 aromatic rings. The molecule has 1 N–H and O–H groups in total. The van der Waals surface area contributed by atoms with Crippen LogP contribution >= 0.6 is 11.3 Å². The topological polar surface area (TPSA) is 54.6 Å². The summed E-state index contributed by atoms with van der Waals surface area (Å²) in [5, 5.41) is 5.92. The van der Waals surface area contributed by atoms with Gasteiger partial charge in [0, 0.05) is 10.3 Å². The SMILES string of the molecule is CC(C)(C)[C@H]1CCc2c(C(=O)NN=Cc3ccco3)csc2C1. The lowest BCUT2D eigenvalue weighted by atomic mass is 9.72. The van der Waals surface area contributed by atoms with Gasteiger partial charge in [-0.3, -0.25) is 4.79 Å². The molecule has 3 rings (SSSR count). The van der Waals surface area contributed by atoms with E-state index in [0.717, 1.165) is 24.8 Å². The van der Waals surface area contributed by atoms with Crippen LogP contribution in [0, 0.1) is 11.3 Å². The second-order valence-corrected chi connectivity index (χ2v) is 8.04. The largest absolute Gasteiger partial charge is 0.463 e. The van der Waals surface area contributed by atoms with Gasteiger partial charge in [0.05, 0.1) is 18.0 Å². The Labute approximate surface area is 140 Å². The van der Waals surface area contributed by atoms with E-state index in [4.69, 9.17) is 4.42 Å². The van der Waals surface area contributed by atoms with Gasteiger partial charge < -0.3 is 4.42 Å². The summed E-state index contributed by atoms with van der Waals surface area (Å²) in [7, 11) is 0. The van der Waals surface area contributed by atoms with Crippen LogP contribution in [-0.4, -0.2) is 12.1 Å². The predicted octanol–water partition coefficient (Wildman–Crippen LogP) is 4.26. The number of carbonyl (C=O) groups excluding carboxylic acids is 1. The first kappa shape index (κ1) is 16.0. The van der Waals surface area contributed by atoms with Crippen LogP contribution in [0.25, 0.3) is 0 Å². The molecule has 0 spiro atoms. The van der Waals surface area contributed by atoms with Gasteiger partial charge in [-0.25, -0.2) is 5.43 Å². The summed E-state index contributed by atoms with van der Waals surface area (Å²) in [4.78, 5) is 13.7. The van der Waals surface area contributed by atoms with Gasteiger partial charge in [-0.2, -0.15) is 5.10 Å². The standard InChI is InChI=1S/C18H22N2O2S/c1-18(2,3)12-6-7-14-15(11-23-16(14)9-12)17(21)20-19-10-13-5-4-8-22-13/h4-5,8,10-12H,6-7,9H2,1-3H3,(H,20,21)/t12-/m0/s1. The molecule has 2 heterocycles. The summed E-state index contributed by atoms with van der Waals surface area (Å²) >= 11 is 1.70. The number of nitrogens with one attached hydrogen (secondary N) is 1. The van der Waals surface area contributed by atoms with Crippen LogP contribution in [0.15, 0.2) is 33.3 Å². The summed E-state index contributed by atoms with van der Waals surface area (Å²) in [5.74, 6) is 1.16. The monoisotopic (exact) mass is 330 g/mol. The summed E-state index contributed by atoms with van der Waals surface area (Å²) in [5.41, 5.74) is 4.89. The number of hydrazone groups is 1. The van der Waals surface area contributed by atoms with Crippen molar-refractivity contribution in [3.05, 3.63) is 45.5 Å². The molecule has 122 valence electrons. The van der Waals surface area contributed by atoms with E-state index in [9.17, 15) is 4.79 Å². The zero-order valence-electron chi connectivity index (χ0n) is 13.8. The number of carbonyl (C=O) groups is 1. The zero-order chi connectivity index (χ0) is 16.4. The third-order valence-corrected chi connectivity index (χ3v) is 5.58. The lowest BCUT2D eigenvalue weighted by Gasteiger charge is -2.33. The number of thiophene rings is 1. The van der Waals surface area contributed by atoms with Crippen LogP contribution in [-0.2, 0) is 12.8 Å². The summed E-state index contributed by atoms with van der Waals surface area (Å²) in [6.07, 6.45) is 6.28. The quantitative estimate of drug-likeness (QED) is 0.675. The minimum absolute atomic E-state index is 0.139. The van der Waals surface area contributed by atoms with Gasteiger partial charge in [0.15, 0.2) is 0 Å². The maximum absolute atomic E-state index is 12.3. The van der Waals surface area contributed by atoms with E-state index in [1.807, 2.05) is 5.38 Å². The van der Waals surface area contributed by atoms with Gasteiger partial charge in [0.1, 0.15) is 5.76 Å². The van der Waals surface area contributed by atoms with Crippen LogP contribution in [0.3, 0.4) is 0 Å². The molecule has 5 heteroatoms. The average Bonchev–Trinajstić information content (AvgIpc) is 3.14. The predicted molar refractivity (Wildman–Crippen MR) is 93.1 cm³/mol. The Hall–Kier alpha value is -1.88. The van der Waals surface area contributed by atoms with Crippen LogP contribution in [0.4, 0.5) is 0 Å². The van der Waals surface area contributed by atoms with Crippen molar-refractivity contribution in [2.24, 2.45) is 16.4 Å². The fourth-order valence-electron chi connectivity index (χ4n) is 3.02. The highest BCUT2D eigenvalue weighted by Crippen LogP contribution is 2.40. The third-order valence-electron chi connectivity index (χ3n) is 4.53. The van der Waals surface area contributed by atoms with Crippen molar-refractivity contribution in [1.29, 1.82) is 0 Å². The van der Waals surface area contributed by atoms with Gasteiger partial charge in [-0.15, -0.1) is 11.3 Å². The second kappa shape index (κ2) is 6.32. The van der Waals surface area contributed by atoms with Gasteiger partial charge >= 0.3 is 0 Å². The smallest absolute Gasteiger partial charge is 0.272 e. The summed E-state index contributed by atoms with van der Waals surface area (Å²) in [6.45, 7) is 6.90. The van der Waals surface area contributed by atoms with Gasteiger partial charge in [0.25, 0.3) is 5.91 Å². The van der Waals surface area contributed by atoms with Crippen LogP contribution in [0.5, 0.6) is 0 Å². The van der Waals surface area contributed by atoms with Gasteiger partial charge in [0.2, 0.25) is 0 Å². The molecule has 1 aliphatic rings. The Bertz CT molecular complexity index is 708. The highest BCUT2D eigenvalue weighted by molar-refractivity contribution is 7.10. The fourth-order valence-corrected chi connectivity index (χ4v) is 4.18. The van der Waals surface area contributed by atoms with E-state index in [-0.39, 0.29) is 5.91 Å². The van der Waals surface area contributed by atoms with E-state index < -0.39 is 0 Å². The molecule has 0 bridgehead atoms. The number of hydrogen-bond acceptors (Lipinski definition) is 4. The Morgan fingerprint density at radius 1 is 1.48 bits per heavy atom. The van der Waals surface area contributed by atoms with Crippen molar-refractivity contribution >= 4 is 23.5 Å². The van der Waals surface area contributed by atoms with Crippen molar-refractivity contribution in [3.63, 3.8) is 0 Å². The van der Waals surface area contributed by atoms with E-state index in [2.05, 4.69) is 31.3 Å². The van der Waals surface area contributed by atoms with E-state index >= 15 is 0 Å². The Kier molecular flexibility index (Phi) is 4.39. The van der Waals surface area contributed by atoms with Crippen molar-refractivity contribution in [3.8, 4) is 0 Å². The van der Waals surface area contributed by atoms with E-state index in [0.29, 0.717) is 17.1 Å².